The maximum Gasteiger partial charge on any atom is 0.178 e. The van der Waals surface area contributed by atoms with Gasteiger partial charge in [0, 0.05) is 24.8 Å². The smallest absolute Gasteiger partial charge is 0.178 e. The van der Waals surface area contributed by atoms with Crippen molar-refractivity contribution >= 4 is 15.5 Å². The van der Waals surface area contributed by atoms with E-state index in [-0.39, 0.29) is 11.8 Å². The van der Waals surface area contributed by atoms with Gasteiger partial charge in [0.2, 0.25) is 0 Å². The van der Waals surface area contributed by atoms with Crippen molar-refractivity contribution in [3.05, 3.63) is 24.3 Å². The zero-order valence-corrected chi connectivity index (χ0v) is 10.8. The Bertz CT molecular complexity index is 482. The fourth-order valence-corrected chi connectivity index (χ4v) is 2.94. The lowest BCUT2D eigenvalue weighted by molar-refractivity contribution is 0.597. The number of hydrogen-bond donors (Lipinski definition) is 1. The zero-order chi connectivity index (χ0) is 12.5. The summed E-state index contributed by atoms with van der Waals surface area (Å²) in [6, 6.07) is 7.31. The minimum absolute atomic E-state index is 0.140. The van der Waals surface area contributed by atoms with Crippen LogP contribution in [0.25, 0.3) is 0 Å². The molecule has 0 spiro atoms. The van der Waals surface area contributed by atoms with Gasteiger partial charge in [0.1, 0.15) is 0 Å². The van der Waals surface area contributed by atoms with Crippen LogP contribution in [-0.2, 0) is 9.84 Å². The normalized spacial score (nSPS) is 20.8. The average molecular weight is 254 g/mol. The Morgan fingerprint density at radius 3 is 2.47 bits per heavy atom. The molecule has 0 aliphatic carbocycles. The molecule has 1 aromatic carbocycles. The molecule has 4 nitrogen and oxygen atoms in total. The summed E-state index contributed by atoms with van der Waals surface area (Å²) in [5.74, 6) is 0.140. The summed E-state index contributed by atoms with van der Waals surface area (Å²) in [5, 5.41) is 0. The van der Waals surface area contributed by atoms with Crippen molar-refractivity contribution in [3.63, 3.8) is 0 Å². The van der Waals surface area contributed by atoms with E-state index in [1.54, 1.807) is 19.1 Å². The van der Waals surface area contributed by atoms with Crippen LogP contribution in [0.3, 0.4) is 0 Å². The number of nitrogens with zero attached hydrogens (tertiary/aromatic N) is 1. The Labute approximate surface area is 102 Å². The van der Waals surface area contributed by atoms with Crippen LogP contribution in [0.1, 0.15) is 13.3 Å². The molecule has 0 aromatic heterocycles. The monoisotopic (exact) mass is 254 g/mol. The minimum Gasteiger partial charge on any atom is -0.370 e. The molecule has 1 unspecified atom stereocenters. The fraction of sp³-hybridized carbons (Fsp3) is 0.500. The summed E-state index contributed by atoms with van der Waals surface area (Å²) >= 11 is 0. The molecular formula is C12H18N2O2S. The molecule has 1 saturated heterocycles. The molecule has 0 radical (unpaired) electrons. The molecule has 1 heterocycles. The van der Waals surface area contributed by atoms with E-state index >= 15 is 0 Å². The van der Waals surface area contributed by atoms with Crippen LogP contribution < -0.4 is 10.6 Å². The number of hydrogen-bond acceptors (Lipinski definition) is 4. The van der Waals surface area contributed by atoms with Crippen LogP contribution in [0, 0.1) is 0 Å². The van der Waals surface area contributed by atoms with Crippen LogP contribution in [0.15, 0.2) is 29.2 Å². The highest BCUT2D eigenvalue weighted by Gasteiger charge is 2.19. The second kappa shape index (κ2) is 4.66. The fourth-order valence-electron chi connectivity index (χ4n) is 2.05. The third kappa shape index (κ3) is 2.61. The zero-order valence-electron chi connectivity index (χ0n) is 9.96. The molecule has 2 rings (SSSR count). The first kappa shape index (κ1) is 12.4. The van der Waals surface area contributed by atoms with Crippen LogP contribution in [0.2, 0.25) is 0 Å². The summed E-state index contributed by atoms with van der Waals surface area (Å²) in [7, 11) is -3.09. The highest BCUT2D eigenvalue weighted by molar-refractivity contribution is 7.91. The topological polar surface area (TPSA) is 63.4 Å². The molecule has 1 aromatic rings. The van der Waals surface area contributed by atoms with Crippen molar-refractivity contribution in [3.8, 4) is 0 Å². The first-order valence-corrected chi connectivity index (χ1v) is 7.51. The van der Waals surface area contributed by atoms with Crippen LogP contribution in [0.4, 0.5) is 5.69 Å². The number of sulfone groups is 1. The SMILES string of the molecule is CCS(=O)(=O)c1ccc(N2CCC(N)C2)cc1. The van der Waals surface area contributed by atoms with E-state index in [1.165, 1.54) is 0 Å². The summed E-state index contributed by atoms with van der Waals surface area (Å²) in [5.41, 5.74) is 6.89. The second-order valence-electron chi connectivity index (χ2n) is 4.39. The third-order valence-corrected chi connectivity index (χ3v) is 4.92. The molecule has 0 saturated carbocycles. The van der Waals surface area contributed by atoms with Crippen LogP contribution >= 0.6 is 0 Å². The van der Waals surface area contributed by atoms with Gasteiger partial charge in [0.15, 0.2) is 9.84 Å². The van der Waals surface area contributed by atoms with Gasteiger partial charge < -0.3 is 10.6 Å². The van der Waals surface area contributed by atoms with Gasteiger partial charge in [0.25, 0.3) is 0 Å². The predicted octanol–water partition coefficient (Wildman–Crippen LogP) is 1.02. The first-order valence-electron chi connectivity index (χ1n) is 5.86. The summed E-state index contributed by atoms with van der Waals surface area (Å²) < 4.78 is 23.3. The van der Waals surface area contributed by atoms with Crippen molar-refractivity contribution in [2.45, 2.75) is 24.3 Å². The van der Waals surface area contributed by atoms with E-state index in [4.69, 9.17) is 5.73 Å². The quantitative estimate of drug-likeness (QED) is 0.874. The first-order chi connectivity index (χ1) is 8.03. The summed E-state index contributed by atoms with van der Waals surface area (Å²) in [6.45, 7) is 3.45. The Kier molecular flexibility index (Phi) is 3.40. The minimum atomic E-state index is -3.09. The summed E-state index contributed by atoms with van der Waals surface area (Å²) in [4.78, 5) is 2.58. The Balaban J connectivity index is 2.19. The van der Waals surface area contributed by atoms with Crippen LogP contribution in [-0.4, -0.2) is 33.3 Å². The molecule has 17 heavy (non-hydrogen) atoms. The molecule has 0 bridgehead atoms. The number of benzene rings is 1. The Hall–Kier alpha value is -1.07. The maximum absolute atomic E-state index is 11.7. The van der Waals surface area contributed by atoms with E-state index in [2.05, 4.69) is 4.90 Å². The third-order valence-electron chi connectivity index (χ3n) is 3.17. The van der Waals surface area contributed by atoms with Gasteiger partial charge in [-0.05, 0) is 30.7 Å². The van der Waals surface area contributed by atoms with Gasteiger partial charge in [-0.25, -0.2) is 8.42 Å². The van der Waals surface area contributed by atoms with E-state index in [0.717, 1.165) is 25.2 Å². The standard InChI is InChI=1S/C12H18N2O2S/c1-2-17(15,16)12-5-3-11(4-6-12)14-8-7-10(13)9-14/h3-6,10H,2,7-9,13H2,1H3. The molecule has 1 aliphatic heterocycles. The molecule has 5 heteroatoms. The van der Waals surface area contributed by atoms with Gasteiger partial charge in [-0.2, -0.15) is 0 Å². The van der Waals surface area contributed by atoms with Gasteiger partial charge in [-0.3, -0.25) is 0 Å². The molecule has 1 atom stereocenters. The molecule has 1 fully saturated rings. The van der Waals surface area contributed by atoms with Crippen molar-refractivity contribution in [2.24, 2.45) is 5.73 Å². The van der Waals surface area contributed by atoms with Crippen molar-refractivity contribution in [1.29, 1.82) is 0 Å². The number of rotatable bonds is 3. The number of anilines is 1. The summed E-state index contributed by atoms with van der Waals surface area (Å²) in [6.07, 6.45) is 0.995. The Morgan fingerprint density at radius 1 is 1.35 bits per heavy atom. The van der Waals surface area contributed by atoms with E-state index in [9.17, 15) is 8.42 Å². The second-order valence-corrected chi connectivity index (χ2v) is 6.67. The molecule has 1 aliphatic rings. The van der Waals surface area contributed by atoms with Gasteiger partial charge in [-0.15, -0.1) is 0 Å². The molecule has 2 N–H and O–H groups in total. The van der Waals surface area contributed by atoms with Crippen molar-refractivity contribution < 1.29 is 8.42 Å². The van der Waals surface area contributed by atoms with E-state index in [0.29, 0.717) is 4.90 Å². The lowest BCUT2D eigenvalue weighted by atomic mass is 10.3. The predicted molar refractivity (Wildman–Crippen MR) is 69.0 cm³/mol. The average Bonchev–Trinajstić information content (AvgIpc) is 2.76. The Morgan fingerprint density at radius 2 is 2.00 bits per heavy atom. The lowest BCUT2D eigenvalue weighted by Crippen LogP contribution is -2.26. The van der Waals surface area contributed by atoms with E-state index < -0.39 is 9.84 Å². The van der Waals surface area contributed by atoms with Gasteiger partial charge >= 0.3 is 0 Å². The van der Waals surface area contributed by atoms with Gasteiger partial charge in [-0.1, -0.05) is 6.92 Å². The maximum atomic E-state index is 11.7. The highest BCUT2D eigenvalue weighted by atomic mass is 32.2. The molecular weight excluding hydrogens is 236 g/mol. The highest BCUT2D eigenvalue weighted by Crippen LogP contribution is 2.22. The van der Waals surface area contributed by atoms with E-state index in [1.807, 2.05) is 12.1 Å². The van der Waals surface area contributed by atoms with Crippen molar-refractivity contribution in [1.82, 2.24) is 0 Å². The molecule has 0 amide bonds. The molecule has 94 valence electrons. The van der Waals surface area contributed by atoms with Crippen LogP contribution in [0.5, 0.6) is 0 Å². The lowest BCUT2D eigenvalue weighted by Gasteiger charge is -2.18. The van der Waals surface area contributed by atoms with Crippen molar-refractivity contribution in [2.75, 3.05) is 23.7 Å². The largest absolute Gasteiger partial charge is 0.370 e. The number of nitrogens with two attached hydrogens (primary N) is 1. The van der Waals surface area contributed by atoms with Gasteiger partial charge in [0.05, 0.1) is 10.6 Å².